The van der Waals surface area contributed by atoms with E-state index in [0.29, 0.717) is 37.4 Å². The molecule has 0 aromatic heterocycles. The first-order chi connectivity index (χ1) is 14.1. The van der Waals surface area contributed by atoms with Crippen LogP contribution in [0.3, 0.4) is 0 Å². The lowest BCUT2D eigenvalue weighted by Gasteiger charge is -2.28. The minimum absolute atomic E-state index is 0.311. The smallest absolute Gasteiger partial charge is 0.243 e. The first-order valence-corrected chi connectivity index (χ1v) is 11.8. The fourth-order valence-electron chi connectivity index (χ4n) is 4.75. The Bertz CT molecular complexity index is 1020. The number of ether oxygens (including phenoxy) is 1. The minimum Gasteiger partial charge on any atom is -0.379 e. The molecular formula is C22H27N3O3S. The number of morpholine rings is 1. The molecular weight excluding hydrogens is 386 g/mol. The third kappa shape index (κ3) is 3.21. The Kier molecular flexibility index (Phi) is 4.76. The maximum Gasteiger partial charge on any atom is 0.243 e. The molecule has 7 heteroatoms. The van der Waals surface area contributed by atoms with Gasteiger partial charge in [0.15, 0.2) is 0 Å². The van der Waals surface area contributed by atoms with Gasteiger partial charge in [0, 0.05) is 26.2 Å². The summed E-state index contributed by atoms with van der Waals surface area (Å²) in [4.78, 5) is 5.20. The lowest BCUT2D eigenvalue weighted by atomic mass is 10.1. The van der Waals surface area contributed by atoms with Crippen molar-refractivity contribution in [1.82, 2.24) is 4.31 Å². The highest BCUT2D eigenvalue weighted by atomic mass is 32.2. The molecule has 0 spiro atoms. The van der Waals surface area contributed by atoms with E-state index in [1.807, 2.05) is 12.1 Å². The monoisotopic (exact) mass is 413 g/mol. The third-order valence-electron chi connectivity index (χ3n) is 6.36. The lowest BCUT2D eigenvalue weighted by molar-refractivity contribution is 0.0730. The van der Waals surface area contributed by atoms with Gasteiger partial charge in [-0.3, -0.25) is 0 Å². The topological polar surface area (TPSA) is 53.1 Å². The lowest BCUT2D eigenvalue weighted by Crippen LogP contribution is -2.40. The van der Waals surface area contributed by atoms with Crippen molar-refractivity contribution in [3.8, 4) is 0 Å². The maximum atomic E-state index is 13.2. The summed E-state index contributed by atoms with van der Waals surface area (Å²) in [5, 5.41) is 0. The summed E-state index contributed by atoms with van der Waals surface area (Å²) in [7, 11) is -3.50. The fourth-order valence-corrected chi connectivity index (χ4v) is 6.18. The molecule has 0 unspecified atom stereocenters. The molecule has 1 atom stereocenters. The Balaban J connectivity index is 1.53. The van der Waals surface area contributed by atoms with Gasteiger partial charge in [0.2, 0.25) is 10.0 Å². The van der Waals surface area contributed by atoms with Gasteiger partial charge in [-0.2, -0.15) is 4.31 Å². The Morgan fingerprint density at radius 1 is 1.03 bits per heavy atom. The summed E-state index contributed by atoms with van der Waals surface area (Å²) in [5.74, 6) is 0. The number of aryl methyl sites for hydroxylation is 1. The molecule has 154 valence electrons. The van der Waals surface area contributed by atoms with E-state index in [4.69, 9.17) is 4.74 Å². The van der Waals surface area contributed by atoms with Crippen LogP contribution in [-0.2, 0) is 21.3 Å². The van der Waals surface area contributed by atoms with Crippen molar-refractivity contribution in [3.63, 3.8) is 0 Å². The maximum absolute atomic E-state index is 13.2. The molecule has 3 heterocycles. The van der Waals surface area contributed by atoms with Gasteiger partial charge in [-0.15, -0.1) is 0 Å². The average molecular weight is 414 g/mol. The molecule has 2 fully saturated rings. The second kappa shape index (κ2) is 7.31. The van der Waals surface area contributed by atoms with Crippen LogP contribution in [0.15, 0.2) is 47.4 Å². The summed E-state index contributed by atoms with van der Waals surface area (Å²) >= 11 is 0. The molecule has 0 amide bonds. The molecule has 3 aliphatic rings. The van der Waals surface area contributed by atoms with Crippen LogP contribution in [0, 0.1) is 6.92 Å². The Morgan fingerprint density at radius 2 is 1.83 bits per heavy atom. The normalized spacial score (nSPS) is 22.0. The van der Waals surface area contributed by atoms with Gasteiger partial charge in [-0.1, -0.05) is 24.3 Å². The molecule has 0 radical (unpaired) electrons. The Labute approximate surface area is 172 Å². The molecule has 3 aliphatic heterocycles. The quantitative estimate of drug-likeness (QED) is 0.771. The zero-order valence-corrected chi connectivity index (χ0v) is 17.6. The van der Waals surface area contributed by atoms with Crippen molar-refractivity contribution in [3.05, 3.63) is 53.6 Å². The number of hydrogen-bond acceptors (Lipinski definition) is 5. The number of anilines is 2. The number of rotatable bonds is 4. The van der Waals surface area contributed by atoms with Crippen molar-refractivity contribution in [1.29, 1.82) is 0 Å². The number of fused-ring (bicyclic) bond motifs is 3. The molecule has 0 N–H and O–H groups in total. The van der Waals surface area contributed by atoms with E-state index in [2.05, 4.69) is 41.0 Å². The fraction of sp³-hybridized carbons (Fsp3) is 0.455. The van der Waals surface area contributed by atoms with E-state index >= 15 is 0 Å². The van der Waals surface area contributed by atoms with Crippen molar-refractivity contribution in [2.45, 2.75) is 37.4 Å². The third-order valence-corrected chi connectivity index (χ3v) is 8.25. The molecule has 6 nitrogen and oxygen atoms in total. The molecule has 0 saturated carbocycles. The van der Waals surface area contributed by atoms with Gasteiger partial charge < -0.3 is 14.5 Å². The molecule has 2 saturated heterocycles. The Hall–Kier alpha value is -2.09. The van der Waals surface area contributed by atoms with Gasteiger partial charge in [0.25, 0.3) is 0 Å². The van der Waals surface area contributed by atoms with Gasteiger partial charge in [0.1, 0.15) is 6.17 Å². The van der Waals surface area contributed by atoms with Gasteiger partial charge in [-0.25, -0.2) is 8.42 Å². The summed E-state index contributed by atoms with van der Waals surface area (Å²) in [5.41, 5.74) is 4.74. The molecule has 29 heavy (non-hydrogen) atoms. The number of sulfonamides is 1. The summed E-state index contributed by atoms with van der Waals surface area (Å²) in [6, 6.07) is 14.1. The highest BCUT2D eigenvalue weighted by Gasteiger charge is 2.40. The molecule has 2 aromatic carbocycles. The van der Waals surface area contributed by atoms with E-state index in [1.54, 1.807) is 10.4 Å². The number of nitrogens with zero attached hydrogens (tertiary/aromatic N) is 3. The van der Waals surface area contributed by atoms with Crippen LogP contribution >= 0.6 is 0 Å². The van der Waals surface area contributed by atoms with Gasteiger partial charge in [0.05, 0.1) is 29.5 Å². The number of hydrogen-bond donors (Lipinski definition) is 0. The molecule has 0 bridgehead atoms. The first-order valence-electron chi connectivity index (χ1n) is 10.4. The van der Waals surface area contributed by atoms with Crippen LogP contribution in [0.2, 0.25) is 0 Å². The highest BCUT2D eigenvalue weighted by Crippen LogP contribution is 2.46. The van der Waals surface area contributed by atoms with E-state index in [9.17, 15) is 8.42 Å². The van der Waals surface area contributed by atoms with Crippen LogP contribution in [0.25, 0.3) is 0 Å². The average Bonchev–Trinajstić information content (AvgIpc) is 3.32. The molecule has 0 aliphatic carbocycles. The van der Waals surface area contributed by atoms with E-state index < -0.39 is 10.0 Å². The second-order valence-corrected chi connectivity index (χ2v) is 9.98. The van der Waals surface area contributed by atoms with Crippen LogP contribution in [-0.4, -0.2) is 51.7 Å². The highest BCUT2D eigenvalue weighted by molar-refractivity contribution is 7.89. The number of benzene rings is 2. The minimum atomic E-state index is -3.50. The van der Waals surface area contributed by atoms with Crippen LogP contribution in [0.5, 0.6) is 0 Å². The van der Waals surface area contributed by atoms with E-state index in [1.165, 1.54) is 17.5 Å². The molecule has 2 aromatic rings. The summed E-state index contributed by atoms with van der Waals surface area (Å²) < 4.78 is 33.3. The zero-order valence-electron chi connectivity index (χ0n) is 16.8. The summed E-state index contributed by atoms with van der Waals surface area (Å²) in [6.07, 6.45) is 2.58. The standard InChI is InChI=1S/C22H27N3O3S/c1-17-5-2-3-6-18(17)16-25-21-15-19(29(26,27)23-11-13-28-14-12-23)8-9-20(21)24-10-4-7-22(24)25/h2-3,5-6,8-9,15,22H,4,7,10-14,16H2,1H3/t22-/m1/s1. The van der Waals surface area contributed by atoms with E-state index in [0.717, 1.165) is 30.9 Å². The van der Waals surface area contributed by atoms with Crippen molar-refractivity contribution >= 4 is 21.4 Å². The van der Waals surface area contributed by atoms with Crippen molar-refractivity contribution in [2.75, 3.05) is 42.6 Å². The van der Waals surface area contributed by atoms with Crippen molar-refractivity contribution < 1.29 is 13.2 Å². The predicted octanol–water partition coefficient (Wildman–Crippen LogP) is 2.96. The van der Waals surface area contributed by atoms with Crippen LogP contribution < -0.4 is 9.80 Å². The largest absolute Gasteiger partial charge is 0.379 e. The summed E-state index contributed by atoms with van der Waals surface area (Å²) in [6.45, 7) is 5.71. The van der Waals surface area contributed by atoms with Crippen LogP contribution in [0.4, 0.5) is 11.4 Å². The zero-order chi connectivity index (χ0) is 20.0. The van der Waals surface area contributed by atoms with Crippen LogP contribution in [0.1, 0.15) is 24.0 Å². The second-order valence-electron chi connectivity index (χ2n) is 8.04. The van der Waals surface area contributed by atoms with E-state index in [-0.39, 0.29) is 0 Å². The first kappa shape index (κ1) is 18.9. The van der Waals surface area contributed by atoms with Crippen molar-refractivity contribution in [2.24, 2.45) is 0 Å². The Morgan fingerprint density at radius 3 is 2.62 bits per heavy atom. The van der Waals surface area contributed by atoms with Gasteiger partial charge in [-0.05, 0) is 49.1 Å². The van der Waals surface area contributed by atoms with Gasteiger partial charge >= 0.3 is 0 Å². The predicted molar refractivity (Wildman–Crippen MR) is 114 cm³/mol. The molecule has 5 rings (SSSR count). The SMILES string of the molecule is Cc1ccccc1CN1c2cc(S(=O)(=O)N3CCOCC3)ccc2N2CCC[C@H]21.